The van der Waals surface area contributed by atoms with Crippen molar-refractivity contribution in [2.45, 2.75) is 0 Å². The summed E-state index contributed by atoms with van der Waals surface area (Å²) < 4.78 is 3.36. The number of rotatable bonds is 2. The Morgan fingerprint density at radius 1 is 1.04 bits per heavy atom. The maximum atomic E-state index is 12.9. The van der Waals surface area contributed by atoms with Gasteiger partial charge in [-0.2, -0.15) is 0 Å². The Labute approximate surface area is 143 Å². The molecule has 4 rings (SSSR count). The van der Waals surface area contributed by atoms with Crippen LogP contribution in [0.15, 0.2) is 53.3 Å². The fourth-order valence-electron chi connectivity index (χ4n) is 3.30. The Kier molecular flexibility index (Phi) is 3.21. The topological polar surface area (TPSA) is 82.9 Å². The molecule has 2 N–H and O–H groups in total. The van der Waals surface area contributed by atoms with Crippen LogP contribution in [0.5, 0.6) is 0 Å². The highest BCUT2D eigenvalue weighted by Gasteiger charge is 2.17. The van der Waals surface area contributed by atoms with Crippen molar-refractivity contribution in [1.82, 2.24) is 14.1 Å². The van der Waals surface area contributed by atoms with Crippen LogP contribution in [0.4, 0.5) is 0 Å². The van der Waals surface area contributed by atoms with E-state index in [0.717, 1.165) is 16.4 Å². The first kappa shape index (κ1) is 15.1. The minimum absolute atomic E-state index is 0.223. The lowest BCUT2D eigenvalue weighted by atomic mass is 10.1. The van der Waals surface area contributed by atoms with E-state index >= 15 is 0 Å². The van der Waals surface area contributed by atoms with Gasteiger partial charge in [0.1, 0.15) is 5.82 Å². The van der Waals surface area contributed by atoms with Crippen LogP contribution in [0.3, 0.4) is 0 Å². The molecule has 0 aliphatic rings. The highest BCUT2D eigenvalue weighted by Crippen LogP contribution is 2.25. The van der Waals surface area contributed by atoms with E-state index in [2.05, 4.69) is 4.98 Å². The second-order valence-corrected chi connectivity index (χ2v) is 6.01. The molecule has 25 heavy (non-hydrogen) atoms. The number of nitrogens with zero attached hydrogens (tertiary/aromatic N) is 3. The number of aromatic nitrogens is 3. The van der Waals surface area contributed by atoms with Crippen LogP contribution in [-0.4, -0.2) is 20.0 Å². The Morgan fingerprint density at radius 3 is 2.52 bits per heavy atom. The van der Waals surface area contributed by atoms with E-state index in [1.807, 2.05) is 41.9 Å². The van der Waals surface area contributed by atoms with Gasteiger partial charge in [0.05, 0.1) is 27.7 Å². The molecule has 0 aliphatic heterocycles. The van der Waals surface area contributed by atoms with Crippen molar-refractivity contribution in [3.63, 3.8) is 0 Å². The molecule has 0 bridgehead atoms. The molecule has 124 valence electrons. The van der Waals surface area contributed by atoms with Gasteiger partial charge in [0.2, 0.25) is 0 Å². The molecule has 1 amide bonds. The zero-order valence-corrected chi connectivity index (χ0v) is 13.9. The number of primary amides is 1. The molecular formula is C19H16N4O2. The Bertz CT molecular complexity index is 1220. The molecule has 0 saturated carbocycles. The lowest BCUT2D eigenvalue weighted by Crippen LogP contribution is -2.23. The summed E-state index contributed by atoms with van der Waals surface area (Å²) >= 11 is 0. The minimum atomic E-state index is -0.559. The highest BCUT2D eigenvalue weighted by atomic mass is 16.1. The quantitative estimate of drug-likeness (QED) is 0.611. The van der Waals surface area contributed by atoms with Crippen molar-refractivity contribution < 1.29 is 4.79 Å². The molecule has 0 radical (unpaired) electrons. The molecule has 4 aromatic rings. The van der Waals surface area contributed by atoms with Crippen molar-refractivity contribution >= 4 is 27.8 Å². The number of aryl methyl sites for hydroxylation is 2. The number of carbonyl (C=O) groups is 1. The molecule has 0 unspecified atom stereocenters. The van der Waals surface area contributed by atoms with Crippen molar-refractivity contribution in [3.8, 4) is 11.4 Å². The SMILES string of the molecule is Cn1c(-c2cc3cccc(C(N)=O)c3n(C)c2=O)nc2ccccc21. The van der Waals surface area contributed by atoms with Gasteiger partial charge < -0.3 is 14.9 Å². The summed E-state index contributed by atoms with van der Waals surface area (Å²) in [6.45, 7) is 0. The molecule has 6 heteroatoms. The summed E-state index contributed by atoms with van der Waals surface area (Å²) in [6, 6.07) is 14.7. The van der Waals surface area contributed by atoms with Crippen LogP contribution >= 0.6 is 0 Å². The van der Waals surface area contributed by atoms with Gasteiger partial charge >= 0.3 is 0 Å². The van der Waals surface area contributed by atoms with Gasteiger partial charge in [-0.05, 0) is 29.7 Å². The molecule has 0 saturated heterocycles. The summed E-state index contributed by atoms with van der Waals surface area (Å²) in [6.07, 6.45) is 0. The maximum Gasteiger partial charge on any atom is 0.261 e. The van der Waals surface area contributed by atoms with E-state index in [4.69, 9.17) is 5.73 Å². The van der Waals surface area contributed by atoms with Crippen LogP contribution in [-0.2, 0) is 14.1 Å². The van der Waals surface area contributed by atoms with Crippen LogP contribution in [0.25, 0.3) is 33.3 Å². The van der Waals surface area contributed by atoms with Gasteiger partial charge in [-0.25, -0.2) is 4.98 Å². The zero-order valence-electron chi connectivity index (χ0n) is 13.9. The van der Waals surface area contributed by atoms with E-state index in [1.165, 1.54) is 4.57 Å². The third-order valence-electron chi connectivity index (χ3n) is 4.53. The standard InChI is InChI=1S/C19H16N4O2/c1-22-15-9-4-3-8-14(15)21-18(22)13-10-11-6-5-7-12(17(20)24)16(11)23(2)19(13)25/h3-10H,1-2H3,(H2,20,24). The Hall–Kier alpha value is -3.41. The lowest BCUT2D eigenvalue weighted by Gasteiger charge is -2.11. The Morgan fingerprint density at radius 2 is 1.80 bits per heavy atom. The maximum absolute atomic E-state index is 12.9. The predicted octanol–water partition coefficient (Wildman–Crippen LogP) is 2.19. The number of carbonyl (C=O) groups excluding carboxylic acids is 1. The predicted molar refractivity (Wildman–Crippen MR) is 97.4 cm³/mol. The average Bonchev–Trinajstić information content (AvgIpc) is 2.94. The van der Waals surface area contributed by atoms with Crippen LogP contribution in [0, 0.1) is 0 Å². The summed E-state index contributed by atoms with van der Waals surface area (Å²) in [5.74, 6) is 0.0317. The Balaban J connectivity index is 2.09. The minimum Gasteiger partial charge on any atom is -0.366 e. The first-order chi connectivity index (χ1) is 12.0. The number of amides is 1. The van der Waals surface area contributed by atoms with E-state index < -0.39 is 5.91 Å². The molecule has 0 aliphatic carbocycles. The van der Waals surface area contributed by atoms with Gasteiger partial charge in [-0.1, -0.05) is 24.3 Å². The number of hydrogen-bond donors (Lipinski definition) is 1. The van der Waals surface area contributed by atoms with Crippen LogP contribution in [0.1, 0.15) is 10.4 Å². The molecule has 0 atom stereocenters. The molecule has 6 nitrogen and oxygen atoms in total. The molecule has 0 spiro atoms. The molecule has 0 fully saturated rings. The second-order valence-electron chi connectivity index (χ2n) is 6.01. The van der Waals surface area contributed by atoms with Gasteiger partial charge in [0, 0.05) is 14.1 Å². The van der Waals surface area contributed by atoms with E-state index in [9.17, 15) is 9.59 Å². The number of para-hydroxylation sites is 3. The van der Waals surface area contributed by atoms with Crippen molar-refractivity contribution in [1.29, 1.82) is 0 Å². The number of imidazole rings is 1. The van der Waals surface area contributed by atoms with Crippen LogP contribution in [0.2, 0.25) is 0 Å². The smallest absolute Gasteiger partial charge is 0.261 e. The van der Waals surface area contributed by atoms with Gasteiger partial charge in [0.15, 0.2) is 0 Å². The van der Waals surface area contributed by atoms with E-state index in [-0.39, 0.29) is 5.56 Å². The van der Waals surface area contributed by atoms with E-state index in [0.29, 0.717) is 22.5 Å². The number of nitrogens with two attached hydrogens (primary N) is 1. The normalized spacial score (nSPS) is 11.3. The highest BCUT2D eigenvalue weighted by molar-refractivity contribution is 6.05. The molecule has 2 aromatic carbocycles. The van der Waals surface area contributed by atoms with Crippen molar-refractivity contribution in [2.24, 2.45) is 19.8 Å². The van der Waals surface area contributed by atoms with Crippen LogP contribution < -0.4 is 11.3 Å². The number of fused-ring (bicyclic) bond motifs is 2. The van der Waals surface area contributed by atoms with Gasteiger partial charge in [-0.3, -0.25) is 9.59 Å². The summed E-state index contributed by atoms with van der Waals surface area (Å²) in [5.41, 5.74) is 8.35. The first-order valence-corrected chi connectivity index (χ1v) is 7.83. The van der Waals surface area contributed by atoms with E-state index in [1.54, 1.807) is 25.2 Å². The summed E-state index contributed by atoms with van der Waals surface area (Å²) in [7, 11) is 3.53. The monoisotopic (exact) mass is 332 g/mol. The third kappa shape index (κ3) is 2.15. The second kappa shape index (κ2) is 5.31. The molecule has 2 aromatic heterocycles. The van der Waals surface area contributed by atoms with Crippen molar-refractivity contribution in [2.75, 3.05) is 0 Å². The van der Waals surface area contributed by atoms with Gasteiger partial charge in [-0.15, -0.1) is 0 Å². The largest absolute Gasteiger partial charge is 0.366 e. The fourth-order valence-corrected chi connectivity index (χ4v) is 3.30. The summed E-state index contributed by atoms with van der Waals surface area (Å²) in [4.78, 5) is 29.2. The van der Waals surface area contributed by atoms with Crippen molar-refractivity contribution in [3.05, 3.63) is 64.4 Å². The first-order valence-electron chi connectivity index (χ1n) is 7.83. The number of pyridine rings is 1. The average molecular weight is 332 g/mol. The lowest BCUT2D eigenvalue weighted by molar-refractivity contribution is 0.100. The zero-order chi connectivity index (χ0) is 17.7. The number of hydrogen-bond acceptors (Lipinski definition) is 3. The molecule has 2 heterocycles. The number of benzene rings is 2. The fraction of sp³-hybridized carbons (Fsp3) is 0.105. The summed E-state index contributed by atoms with van der Waals surface area (Å²) in [5, 5.41) is 0.764. The van der Waals surface area contributed by atoms with Gasteiger partial charge in [0.25, 0.3) is 11.5 Å². The third-order valence-corrected chi connectivity index (χ3v) is 4.53. The molecular weight excluding hydrogens is 316 g/mol.